The molecule has 43 valence electrons. The fraction of sp³-hybridized carbons (Fsp3) is 0. The Bertz CT molecular complexity index is 283. The highest BCUT2D eigenvalue weighted by Gasteiger charge is 1.89. The predicted molar refractivity (Wildman–Crippen MR) is 29.6 cm³/mol. The third-order valence-corrected chi connectivity index (χ3v) is 1.01. The average Bonchev–Trinajstić information content (AvgIpc) is 2.33. The van der Waals surface area contributed by atoms with Crippen molar-refractivity contribution in [1.29, 1.82) is 0 Å². The normalized spacial score (nSPS) is 10.2. The molecule has 0 N–H and O–H groups in total. The van der Waals surface area contributed by atoms with E-state index in [2.05, 4.69) is 21.3 Å². The van der Waals surface area contributed by atoms with E-state index in [1.54, 1.807) is 16.8 Å². The molecule has 0 bridgehead atoms. The Labute approximate surface area is 51.2 Å². The van der Waals surface area contributed by atoms with Gasteiger partial charge in [0.05, 0.1) is 6.20 Å². The summed E-state index contributed by atoms with van der Waals surface area (Å²) in [7, 11) is 0. The molecule has 2 heterocycles. The van der Waals surface area contributed by atoms with Crippen LogP contribution < -0.4 is 0 Å². The molecule has 4 nitrogen and oxygen atoms in total. The van der Waals surface area contributed by atoms with Crippen molar-refractivity contribution in [3.05, 3.63) is 24.8 Å². The van der Waals surface area contributed by atoms with Gasteiger partial charge in [-0.3, -0.25) is 0 Å². The molecule has 0 saturated heterocycles. The first-order chi connectivity index (χ1) is 4.47. The van der Waals surface area contributed by atoms with Crippen molar-refractivity contribution >= 4 is 5.78 Å². The fourth-order valence-corrected chi connectivity index (χ4v) is 0.628. The summed E-state index contributed by atoms with van der Waals surface area (Å²) in [6, 6.07) is 1.68. The number of nitrogens with zero attached hydrogens (tertiary/aromatic N) is 4. The van der Waals surface area contributed by atoms with Crippen LogP contribution in [0, 0.1) is 6.20 Å². The fourth-order valence-electron chi connectivity index (χ4n) is 0.628. The first-order valence-electron chi connectivity index (χ1n) is 2.49. The van der Waals surface area contributed by atoms with Gasteiger partial charge in [0.15, 0.2) is 0 Å². The summed E-state index contributed by atoms with van der Waals surface area (Å²) in [6.45, 7) is 0. The monoisotopic (exact) mass is 119 g/mol. The molecule has 0 amide bonds. The first-order valence-corrected chi connectivity index (χ1v) is 2.49. The molecule has 0 spiro atoms. The third kappa shape index (κ3) is 0.561. The molecule has 1 radical (unpaired) electrons. The smallest absolute Gasteiger partial charge is 0.209 e. The molecular formula is C5H3N4. The van der Waals surface area contributed by atoms with Crippen LogP contribution in [-0.2, 0) is 0 Å². The van der Waals surface area contributed by atoms with Gasteiger partial charge in [-0.1, -0.05) is 0 Å². The lowest BCUT2D eigenvalue weighted by Gasteiger charge is -1.82. The van der Waals surface area contributed by atoms with Gasteiger partial charge < -0.3 is 0 Å². The largest absolute Gasteiger partial charge is 0.252 e. The number of hydrogen-bond donors (Lipinski definition) is 0. The summed E-state index contributed by atoms with van der Waals surface area (Å²) >= 11 is 0. The van der Waals surface area contributed by atoms with Crippen molar-refractivity contribution in [2.75, 3.05) is 0 Å². The van der Waals surface area contributed by atoms with Crippen LogP contribution in [0.5, 0.6) is 0 Å². The lowest BCUT2D eigenvalue weighted by Crippen LogP contribution is -1.86. The molecule has 0 fully saturated rings. The third-order valence-electron chi connectivity index (χ3n) is 1.01. The maximum Gasteiger partial charge on any atom is 0.252 e. The Morgan fingerprint density at radius 1 is 1.56 bits per heavy atom. The minimum absolute atomic E-state index is 0.581. The van der Waals surface area contributed by atoms with E-state index in [1.807, 2.05) is 0 Å². The van der Waals surface area contributed by atoms with E-state index in [-0.39, 0.29) is 0 Å². The van der Waals surface area contributed by atoms with E-state index < -0.39 is 0 Å². The maximum absolute atomic E-state index is 3.84. The summed E-state index contributed by atoms with van der Waals surface area (Å²) in [6.07, 6.45) is 5.85. The molecule has 2 aromatic heterocycles. The van der Waals surface area contributed by atoms with Crippen LogP contribution >= 0.6 is 0 Å². The van der Waals surface area contributed by atoms with Crippen molar-refractivity contribution in [3.8, 4) is 0 Å². The predicted octanol–water partition coefficient (Wildman–Crippen LogP) is -0.0755. The SMILES string of the molecule is [c]1ccn2ncnc2n1. The Hall–Kier alpha value is -1.45. The quantitative estimate of drug-likeness (QED) is 0.487. The summed E-state index contributed by atoms with van der Waals surface area (Å²) in [5.41, 5.74) is 0. The Morgan fingerprint density at radius 3 is 3.44 bits per heavy atom. The van der Waals surface area contributed by atoms with Gasteiger partial charge in [-0.25, -0.2) is 9.50 Å². The molecule has 0 atom stereocenters. The van der Waals surface area contributed by atoms with E-state index in [4.69, 9.17) is 0 Å². The first kappa shape index (κ1) is 4.43. The number of aromatic nitrogens is 4. The van der Waals surface area contributed by atoms with E-state index in [0.717, 1.165) is 0 Å². The number of hydrogen-bond acceptors (Lipinski definition) is 3. The number of rotatable bonds is 0. The number of fused-ring (bicyclic) bond motifs is 1. The highest BCUT2D eigenvalue weighted by Crippen LogP contribution is 1.87. The van der Waals surface area contributed by atoms with Gasteiger partial charge in [0.1, 0.15) is 6.33 Å². The Morgan fingerprint density at radius 2 is 2.56 bits per heavy atom. The zero-order valence-corrected chi connectivity index (χ0v) is 4.52. The zero-order chi connectivity index (χ0) is 6.10. The van der Waals surface area contributed by atoms with Crippen LogP contribution in [0.2, 0.25) is 0 Å². The van der Waals surface area contributed by atoms with Crippen LogP contribution in [0.25, 0.3) is 5.78 Å². The van der Waals surface area contributed by atoms with Gasteiger partial charge in [-0.15, -0.1) is 0 Å². The topological polar surface area (TPSA) is 43.1 Å². The van der Waals surface area contributed by atoms with Crippen LogP contribution in [0.4, 0.5) is 0 Å². The second-order valence-electron chi connectivity index (χ2n) is 1.56. The Kier molecular flexibility index (Phi) is 0.745. The van der Waals surface area contributed by atoms with E-state index in [9.17, 15) is 0 Å². The molecule has 0 aromatic carbocycles. The molecule has 0 unspecified atom stereocenters. The van der Waals surface area contributed by atoms with Crippen molar-refractivity contribution < 1.29 is 0 Å². The molecule has 0 aliphatic carbocycles. The van der Waals surface area contributed by atoms with Gasteiger partial charge in [0.2, 0.25) is 0 Å². The summed E-state index contributed by atoms with van der Waals surface area (Å²) < 4.78 is 1.58. The second kappa shape index (κ2) is 1.51. The van der Waals surface area contributed by atoms with Crippen molar-refractivity contribution in [1.82, 2.24) is 19.6 Å². The summed E-state index contributed by atoms with van der Waals surface area (Å²) in [4.78, 5) is 7.63. The molecule has 0 saturated carbocycles. The van der Waals surface area contributed by atoms with Gasteiger partial charge in [0.25, 0.3) is 5.78 Å². The molecule has 2 aromatic rings. The minimum atomic E-state index is 0.581. The summed E-state index contributed by atoms with van der Waals surface area (Å²) in [5, 5.41) is 3.84. The van der Waals surface area contributed by atoms with Crippen molar-refractivity contribution in [2.45, 2.75) is 0 Å². The molecule has 0 aliphatic rings. The minimum Gasteiger partial charge on any atom is -0.209 e. The average molecular weight is 119 g/mol. The van der Waals surface area contributed by atoms with Crippen molar-refractivity contribution in [2.24, 2.45) is 0 Å². The Balaban J connectivity index is 2.95. The molecule has 2 rings (SSSR count). The lowest BCUT2D eigenvalue weighted by atomic mass is 10.7. The van der Waals surface area contributed by atoms with Crippen LogP contribution in [0.15, 0.2) is 18.6 Å². The van der Waals surface area contributed by atoms with Gasteiger partial charge in [-0.05, 0) is 6.07 Å². The van der Waals surface area contributed by atoms with E-state index in [1.165, 1.54) is 6.33 Å². The van der Waals surface area contributed by atoms with Crippen molar-refractivity contribution in [3.63, 3.8) is 0 Å². The van der Waals surface area contributed by atoms with Gasteiger partial charge >= 0.3 is 0 Å². The van der Waals surface area contributed by atoms with Crippen LogP contribution in [0.1, 0.15) is 0 Å². The highest BCUT2D eigenvalue weighted by atomic mass is 15.3. The molecular weight excluding hydrogens is 116 g/mol. The summed E-state index contributed by atoms with van der Waals surface area (Å²) in [5.74, 6) is 0.581. The molecule has 0 aliphatic heterocycles. The van der Waals surface area contributed by atoms with E-state index in [0.29, 0.717) is 5.78 Å². The van der Waals surface area contributed by atoms with E-state index >= 15 is 0 Å². The highest BCUT2D eigenvalue weighted by molar-refractivity contribution is 5.21. The van der Waals surface area contributed by atoms with Gasteiger partial charge in [0, 0.05) is 6.20 Å². The second-order valence-corrected chi connectivity index (χ2v) is 1.56. The maximum atomic E-state index is 3.84. The lowest BCUT2D eigenvalue weighted by molar-refractivity contribution is 0.937. The van der Waals surface area contributed by atoms with Crippen LogP contribution in [-0.4, -0.2) is 19.6 Å². The van der Waals surface area contributed by atoms with Crippen LogP contribution in [0.3, 0.4) is 0 Å². The standard InChI is InChI=1S/C5H3N4/c1-2-6-5-7-4-8-9(5)3-1/h1,3-4H. The van der Waals surface area contributed by atoms with Gasteiger partial charge in [-0.2, -0.15) is 10.1 Å². The molecule has 4 heteroatoms. The zero-order valence-electron chi connectivity index (χ0n) is 4.52. The molecule has 9 heavy (non-hydrogen) atoms.